The first-order valence-electron chi connectivity index (χ1n) is 6.91. The lowest BCUT2D eigenvalue weighted by molar-refractivity contribution is 0.275. The van der Waals surface area contributed by atoms with Crippen LogP contribution in [0.4, 0.5) is 0 Å². The maximum absolute atomic E-state index is 5.72. The van der Waals surface area contributed by atoms with Gasteiger partial charge in [0.1, 0.15) is 6.61 Å². The molecule has 0 atom stereocenters. The largest absolute Gasteiger partial charge is 0.490 e. The summed E-state index contributed by atoms with van der Waals surface area (Å²) in [5, 5.41) is 3.33. The van der Waals surface area contributed by atoms with Gasteiger partial charge in [-0.2, -0.15) is 0 Å². The zero-order valence-corrected chi connectivity index (χ0v) is 11.8. The molecule has 20 heavy (non-hydrogen) atoms. The van der Waals surface area contributed by atoms with E-state index in [9.17, 15) is 0 Å². The summed E-state index contributed by atoms with van der Waals surface area (Å²) in [6.07, 6.45) is 5.56. The predicted molar refractivity (Wildman–Crippen MR) is 78.2 cm³/mol. The third-order valence-corrected chi connectivity index (χ3v) is 2.79. The molecule has 1 aromatic heterocycles. The lowest BCUT2D eigenvalue weighted by atomic mass is 10.3. The van der Waals surface area contributed by atoms with Gasteiger partial charge in [0.2, 0.25) is 0 Å². The van der Waals surface area contributed by atoms with Crippen LogP contribution >= 0.6 is 0 Å². The molecule has 0 aliphatic carbocycles. The zero-order chi connectivity index (χ0) is 14.0. The Labute approximate surface area is 119 Å². The number of aromatic nitrogens is 2. The first-order valence-corrected chi connectivity index (χ1v) is 6.91. The zero-order valence-electron chi connectivity index (χ0n) is 11.8. The van der Waals surface area contributed by atoms with E-state index in [0.717, 1.165) is 31.1 Å². The average molecular weight is 275 g/mol. The highest BCUT2D eigenvalue weighted by molar-refractivity contribution is 5.39. The first kappa shape index (κ1) is 14.4. The second kappa shape index (κ2) is 8.22. The van der Waals surface area contributed by atoms with E-state index in [-0.39, 0.29) is 0 Å². The van der Waals surface area contributed by atoms with Gasteiger partial charge in [-0.1, -0.05) is 12.1 Å². The smallest absolute Gasteiger partial charge is 0.161 e. The molecule has 1 heterocycles. The van der Waals surface area contributed by atoms with Crippen molar-refractivity contribution >= 4 is 0 Å². The van der Waals surface area contributed by atoms with Gasteiger partial charge in [0.15, 0.2) is 11.5 Å². The van der Waals surface area contributed by atoms with Crippen LogP contribution < -0.4 is 14.8 Å². The van der Waals surface area contributed by atoms with E-state index < -0.39 is 0 Å². The molecule has 1 aromatic carbocycles. The summed E-state index contributed by atoms with van der Waals surface area (Å²) in [5.74, 6) is 1.60. The topological polar surface area (TPSA) is 48.3 Å². The molecule has 0 amide bonds. The van der Waals surface area contributed by atoms with Gasteiger partial charge in [0.25, 0.3) is 0 Å². The van der Waals surface area contributed by atoms with Crippen LogP contribution in [0.1, 0.15) is 6.92 Å². The van der Waals surface area contributed by atoms with Gasteiger partial charge < -0.3 is 19.4 Å². The Balaban J connectivity index is 1.63. The van der Waals surface area contributed by atoms with Crippen LogP contribution in [0.15, 0.2) is 43.0 Å². The van der Waals surface area contributed by atoms with Crippen molar-refractivity contribution in [1.29, 1.82) is 0 Å². The normalized spacial score (nSPS) is 10.4. The number of rotatable bonds is 9. The van der Waals surface area contributed by atoms with E-state index in [1.807, 2.05) is 48.3 Å². The number of benzene rings is 1. The quantitative estimate of drug-likeness (QED) is 0.711. The Morgan fingerprint density at radius 2 is 1.95 bits per heavy atom. The number of para-hydroxylation sites is 2. The average Bonchev–Trinajstić information content (AvgIpc) is 2.98. The van der Waals surface area contributed by atoms with Crippen molar-refractivity contribution in [3.63, 3.8) is 0 Å². The van der Waals surface area contributed by atoms with Crippen LogP contribution in [0.5, 0.6) is 11.5 Å². The molecule has 0 aliphatic heterocycles. The minimum absolute atomic E-state index is 0.619. The second-order valence-corrected chi connectivity index (χ2v) is 4.28. The summed E-state index contributed by atoms with van der Waals surface area (Å²) >= 11 is 0. The molecule has 0 fully saturated rings. The van der Waals surface area contributed by atoms with Crippen molar-refractivity contribution in [2.45, 2.75) is 13.5 Å². The minimum atomic E-state index is 0.619. The number of nitrogens with one attached hydrogen (secondary N) is 1. The Morgan fingerprint density at radius 1 is 1.15 bits per heavy atom. The Kier molecular flexibility index (Phi) is 5.92. The molecule has 0 spiro atoms. The monoisotopic (exact) mass is 275 g/mol. The lowest BCUT2D eigenvalue weighted by Crippen LogP contribution is -2.24. The van der Waals surface area contributed by atoms with E-state index in [4.69, 9.17) is 9.47 Å². The molecule has 0 saturated carbocycles. The molecular formula is C15H21N3O2. The molecule has 0 aliphatic rings. The van der Waals surface area contributed by atoms with Crippen molar-refractivity contribution in [2.75, 3.05) is 26.3 Å². The van der Waals surface area contributed by atoms with Gasteiger partial charge in [0, 0.05) is 32.0 Å². The van der Waals surface area contributed by atoms with Crippen molar-refractivity contribution < 1.29 is 9.47 Å². The maximum atomic E-state index is 5.72. The summed E-state index contributed by atoms with van der Waals surface area (Å²) in [6, 6.07) is 7.74. The molecule has 0 radical (unpaired) electrons. The molecule has 0 unspecified atom stereocenters. The van der Waals surface area contributed by atoms with Crippen LogP contribution in [0.25, 0.3) is 0 Å². The molecule has 108 valence electrons. The number of imidazole rings is 1. The SMILES string of the molecule is CCOc1ccccc1OCCNCCn1ccnc1. The lowest BCUT2D eigenvalue weighted by Gasteiger charge is -2.12. The van der Waals surface area contributed by atoms with E-state index >= 15 is 0 Å². The first-order chi connectivity index (χ1) is 9.90. The molecule has 5 heteroatoms. The summed E-state index contributed by atoms with van der Waals surface area (Å²) < 4.78 is 13.3. The third-order valence-electron chi connectivity index (χ3n) is 2.79. The van der Waals surface area contributed by atoms with Gasteiger partial charge >= 0.3 is 0 Å². The predicted octanol–water partition coefficient (Wildman–Crippen LogP) is 1.95. The van der Waals surface area contributed by atoms with Gasteiger partial charge in [0.05, 0.1) is 12.9 Å². The summed E-state index contributed by atoms with van der Waals surface area (Å²) in [4.78, 5) is 4.00. The highest BCUT2D eigenvalue weighted by Gasteiger charge is 2.02. The highest BCUT2D eigenvalue weighted by Crippen LogP contribution is 2.25. The van der Waals surface area contributed by atoms with E-state index in [1.165, 1.54) is 0 Å². The summed E-state index contributed by atoms with van der Waals surface area (Å²) in [7, 11) is 0. The van der Waals surface area contributed by atoms with Crippen LogP contribution in [-0.2, 0) is 6.54 Å². The molecular weight excluding hydrogens is 254 g/mol. The Hall–Kier alpha value is -2.01. The fraction of sp³-hybridized carbons (Fsp3) is 0.400. The van der Waals surface area contributed by atoms with Crippen LogP contribution in [0.2, 0.25) is 0 Å². The molecule has 0 bridgehead atoms. The van der Waals surface area contributed by atoms with Gasteiger partial charge in [-0.05, 0) is 19.1 Å². The van der Waals surface area contributed by atoms with Gasteiger partial charge in [-0.3, -0.25) is 0 Å². The maximum Gasteiger partial charge on any atom is 0.161 e. The van der Waals surface area contributed by atoms with E-state index in [1.54, 1.807) is 6.20 Å². The number of hydrogen-bond donors (Lipinski definition) is 1. The third kappa shape index (κ3) is 4.59. The molecule has 5 nitrogen and oxygen atoms in total. The number of ether oxygens (including phenoxy) is 2. The Bertz CT molecular complexity index is 486. The van der Waals surface area contributed by atoms with Crippen molar-refractivity contribution in [3.8, 4) is 11.5 Å². The van der Waals surface area contributed by atoms with E-state index in [0.29, 0.717) is 13.2 Å². The highest BCUT2D eigenvalue weighted by atomic mass is 16.5. The summed E-state index contributed by atoms with van der Waals surface area (Å²) in [5.41, 5.74) is 0. The summed E-state index contributed by atoms with van der Waals surface area (Å²) in [6.45, 7) is 5.84. The van der Waals surface area contributed by atoms with Crippen LogP contribution in [0, 0.1) is 0 Å². The minimum Gasteiger partial charge on any atom is -0.490 e. The molecule has 0 saturated heterocycles. The van der Waals surface area contributed by atoms with Crippen LogP contribution in [0.3, 0.4) is 0 Å². The molecule has 2 rings (SSSR count). The van der Waals surface area contributed by atoms with E-state index in [2.05, 4.69) is 10.3 Å². The Morgan fingerprint density at radius 3 is 2.65 bits per heavy atom. The molecule has 2 aromatic rings. The fourth-order valence-electron chi connectivity index (χ4n) is 1.83. The van der Waals surface area contributed by atoms with Gasteiger partial charge in [-0.15, -0.1) is 0 Å². The number of hydrogen-bond acceptors (Lipinski definition) is 4. The van der Waals surface area contributed by atoms with Crippen molar-refractivity contribution in [3.05, 3.63) is 43.0 Å². The second-order valence-electron chi connectivity index (χ2n) is 4.28. The fourth-order valence-corrected chi connectivity index (χ4v) is 1.83. The van der Waals surface area contributed by atoms with Crippen LogP contribution in [-0.4, -0.2) is 35.9 Å². The molecule has 1 N–H and O–H groups in total. The van der Waals surface area contributed by atoms with Crippen molar-refractivity contribution in [1.82, 2.24) is 14.9 Å². The standard InChI is InChI=1S/C15H21N3O2/c1-2-19-14-5-3-4-6-15(14)20-12-9-16-7-10-18-11-8-17-13-18/h3-6,8,11,13,16H,2,7,9-10,12H2,1H3. The number of nitrogens with zero attached hydrogens (tertiary/aromatic N) is 2. The van der Waals surface area contributed by atoms with Crippen molar-refractivity contribution in [2.24, 2.45) is 0 Å². The van der Waals surface area contributed by atoms with Gasteiger partial charge in [-0.25, -0.2) is 4.98 Å².